The van der Waals surface area contributed by atoms with Crippen LogP contribution in [0.4, 0.5) is 0 Å². The van der Waals surface area contributed by atoms with Crippen molar-refractivity contribution in [1.82, 2.24) is 15.6 Å². The monoisotopic (exact) mass is 516 g/mol. The standard InChI is InChI=1S/C20H28N4O2S.HI/c1-5-21-19(22-9-8-16-11-27-14(2)24-16)23-12-20(3,4)15-6-7-17-18(10-15)26-13-25-17;/h6-7,10-11H,5,8-9,12-13H2,1-4H3,(H2,21,22,23);1H. The van der Waals surface area contributed by atoms with Gasteiger partial charge in [-0.15, -0.1) is 35.3 Å². The summed E-state index contributed by atoms with van der Waals surface area (Å²) in [4.78, 5) is 9.30. The highest BCUT2D eigenvalue weighted by Crippen LogP contribution is 2.36. The predicted molar refractivity (Wildman–Crippen MR) is 126 cm³/mol. The van der Waals surface area contributed by atoms with Gasteiger partial charge in [-0.05, 0) is 31.5 Å². The highest BCUT2D eigenvalue weighted by Gasteiger charge is 2.24. The lowest BCUT2D eigenvalue weighted by molar-refractivity contribution is 0.174. The van der Waals surface area contributed by atoms with Crippen LogP contribution in [-0.4, -0.2) is 37.4 Å². The number of aromatic nitrogens is 1. The molecule has 0 atom stereocenters. The number of aliphatic imine (C=N–C) groups is 1. The topological polar surface area (TPSA) is 67.8 Å². The molecular weight excluding hydrogens is 487 g/mol. The number of nitrogens with zero attached hydrogens (tertiary/aromatic N) is 2. The zero-order chi connectivity index (χ0) is 19.3. The van der Waals surface area contributed by atoms with Crippen molar-refractivity contribution < 1.29 is 9.47 Å². The second kappa shape index (κ2) is 10.3. The fourth-order valence-electron chi connectivity index (χ4n) is 2.86. The summed E-state index contributed by atoms with van der Waals surface area (Å²) in [7, 11) is 0. The van der Waals surface area contributed by atoms with Crippen molar-refractivity contribution in [2.75, 3.05) is 26.4 Å². The molecule has 1 aliphatic heterocycles. The van der Waals surface area contributed by atoms with Crippen LogP contribution in [0, 0.1) is 6.92 Å². The molecule has 3 rings (SSSR count). The van der Waals surface area contributed by atoms with Gasteiger partial charge in [-0.1, -0.05) is 19.9 Å². The van der Waals surface area contributed by atoms with Gasteiger partial charge in [0.1, 0.15) is 0 Å². The largest absolute Gasteiger partial charge is 0.454 e. The summed E-state index contributed by atoms with van der Waals surface area (Å²) in [6, 6.07) is 6.12. The minimum absolute atomic E-state index is 0. The summed E-state index contributed by atoms with van der Waals surface area (Å²) < 4.78 is 10.9. The lowest BCUT2D eigenvalue weighted by atomic mass is 9.84. The molecule has 2 aromatic rings. The Hall–Kier alpha value is -1.55. The fourth-order valence-corrected chi connectivity index (χ4v) is 3.51. The molecule has 2 N–H and O–H groups in total. The summed E-state index contributed by atoms with van der Waals surface area (Å²) in [5.41, 5.74) is 2.20. The normalized spacial score (nSPS) is 13.2. The number of guanidine groups is 1. The fraction of sp³-hybridized carbons (Fsp3) is 0.500. The van der Waals surface area contributed by atoms with Gasteiger partial charge in [0, 0.05) is 30.3 Å². The molecule has 8 heteroatoms. The lowest BCUT2D eigenvalue weighted by Gasteiger charge is -2.24. The van der Waals surface area contributed by atoms with E-state index in [4.69, 9.17) is 14.5 Å². The van der Waals surface area contributed by atoms with Crippen LogP contribution >= 0.6 is 35.3 Å². The molecule has 0 amide bonds. The lowest BCUT2D eigenvalue weighted by Crippen LogP contribution is -2.39. The van der Waals surface area contributed by atoms with Crippen LogP contribution in [0.1, 0.15) is 37.0 Å². The maximum Gasteiger partial charge on any atom is 0.231 e. The van der Waals surface area contributed by atoms with Crippen LogP contribution in [0.2, 0.25) is 0 Å². The van der Waals surface area contributed by atoms with Gasteiger partial charge < -0.3 is 20.1 Å². The summed E-state index contributed by atoms with van der Waals surface area (Å²) in [6.45, 7) is 11.1. The van der Waals surface area contributed by atoms with Gasteiger partial charge in [-0.25, -0.2) is 4.98 Å². The Labute approximate surface area is 188 Å². The molecule has 6 nitrogen and oxygen atoms in total. The predicted octanol–water partition coefficient (Wildman–Crippen LogP) is 3.87. The Morgan fingerprint density at radius 2 is 2.04 bits per heavy atom. The average molecular weight is 516 g/mol. The van der Waals surface area contributed by atoms with Crippen molar-refractivity contribution in [3.8, 4) is 11.5 Å². The van der Waals surface area contributed by atoms with Crippen LogP contribution in [-0.2, 0) is 11.8 Å². The molecule has 1 aromatic carbocycles. The molecule has 154 valence electrons. The Morgan fingerprint density at radius 1 is 1.25 bits per heavy atom. The second-order valence-corrected chi connectivity index (χ2v) is 8.24. The summed E-state index contributed by atoms with van der Waals surface area (Å²) in [6.07, 6.45) is 0.889. The van der Waals surface area contributed by atoms with E-state index in [0.717, 1.165) is 47.7 Å². The summed E-state index contributed by atoms with van der Waals surface area (Å²) in [5.74, 6) is 2.46. The van der Waals surface area contributed by atoms with E-state index in [0.29, 0.717) is 13.3 Å². The number of benzene rings is 1. The number of aryl methyl sites for hydroxylation is 1. The number of fused-ring (bicyclic) bond motifs is 1. The zero-order valence-corrected chi connectivity index (χ0v) is 20.0. The molecule has 1 aliphatic rings. The number of hydrogen-bond donors (Lipinski definition) is 2. The summed E-state index contributed by atoms with van der Waals surface area (Å²) >= 11 is 1.69. The van der Waals surface area contributed by atoms with Crippen molar-refractivity contribution in [3.63, 3.8) is 0 Å². The molecule has 0 fully saturated rings. The molecule has 28 heavy (non-hydrogen) atoms. The minimum Gasteiger partial charge on any atom is -0.454 e. The number of hydrogen-bond acceptors (Lipinski definition) is 5. The number of thiazole rings is 1. The molecule has 0 saturated heterocycles. The van der Waals surface area contributed by atoms with Crippen LogP contribution in [0.3, 0.4) is 0 Å². The van der Waals surface area contributed by atoms with Gasteiger partial charge in [0.2, 0.25) is 6.79 Å². The zero-order valence-electron chi connectivity index (χ0n) is 16.9. The van der Waals surface area contributed by atoms with Gasteiger partial charge in [-0.2, -0.15) is 0 Å². The molecule has 2 heterocycles. The first-order chi connectivity index (χ1) is 13.0. The van der Waals surface area contributed by atoms with E-state index in [9.17, 15) is 0 Å². The third-order valence-corrected chi connectivity index (χ3v) is 5.29. The highest BCUT2D eigenvalue weighted by molar-refractivity contribution is 14.0. The Bertz CT molecular complexity index is 807. The van der Waals surface area contributed by atoms with E-state index >= 15 is 0 Å². The van der Waals surface area contributed by atoms with Crippen LogP contribution < -0.4 is 20.1 Å². The van der Waals surface area contributed by atoms with Gasteiger partial charge in [0.15, 0.2) is 17.5 Å². The number of halogens is 1. The van der Waals surface area contributed by atoms with E-state index in [1.54, 1.807) is 11.3 Å². The first-order valence-corrected chi connectivity index (χ1v) is 10.2. The van der Waals surface area contributed by atoms with Crippen LogP contribution in [0.5, 0.6) is 11.5 Å². The van der Waals surface area contributed by atoms with Crippen molar-refractivity contribution in [3.05, 3.63) is 39.8 Å². The molecule has 0 radical (unpaired) electrons. The van der Waals surface area contributed by atoms with Crippen molar-refractivity contribution in [2.24, 2.45) is 4.99 Å². The van der Waals surface area contributed by atoms with E-state index in [2.05, 4.69) is 53.9 Å². The SMILES string of the molecule is CCNC(=NCC(C)(C)c1ccc2c(c1)OCO2)NCCc1csc(C)n1.I. The minimum atomic E-state index is -0.116. The number of nitrogens with one attached hydrogen (secondary N) is 2. The maximum atomic E-state index is 5.51. The molecule has 1 aromatic heterocycles. The van der Waals surface area contributed by atoms with Crippen molar-refractivity contribution in [2.45, 2.75) is 39.5 Å². The van der Waals surface area contributed by atoms with E-state index in [1.165, 1.54) is 5.56 Å². The molecule has 0 saturated carbocycles. The molecule has 0 spiro atoms. The number of rotatable bonds is 7. The smallest absolute Gasteiger partial charge is 0.231 e. The first-order valence-electron chi connectivity index (χ1n) is 9.31. The van der Waals surface area contributed by atoms with Gasteiger partial charge in [0.05, 0.1) is 17.2 Å². The number of ether oxygens (including phenoxy) is 2. The Kier molecular flexibility index (Phi) is 8.36. The molecule has 0 aliphatic carbocycles. The van der Waals surface area contributed by atoms with Gasteiger partial charge in [-0.3, -0.25) is 4.99 Å². The van der Waals surface area contributed by atoms with E-state index < -0.39 is 0 Å². The van der Waals surface area contributed by atoms with Gasteiger partial charge >= 0.3 is 0 Å². The molecular formula is C20H29IN4O2S. The first kappa shape index (κ1) is 22.7. The maximum absolute atomic E-state index is 5.51. The molecule has 0 bridgehead atoms. The van der Waals surface area contributed by atoms with Crippen molar-refractivity contribution in [1.29, 1.82) is 0 Å². The third-order valence-electron chi connectivity index (χ3n) is 4.47. The third kappa shape index (κ3) is 5.97. The van der Waals surface area contributed by atoms with Gasteiger partial charge in [0.25, 0.3) is 0 Å². The van der Waals surface area contributed by atoms with Crippen LogP contribution in [0.15, 0.2) is 28.6 Å². The summed E-state index contributed by atoms with van der Waals surface area (Å²) in [5, 5.41) is 9.94. The Morgan fingerprint density at radius 3 is 2.75 bits per heavy atom. The quantitative estimate of drug-likeness (QED) is 0.332. The average Bonchev–Trinajstić information content (AvgIpc) is 3.27. The second-order valence-electron chi connectivity index (χ2n) is 7.18. The highest BCUT2D eigenvalue weighted by atomic mass is 127. The molecule has 0 unspecified atom stereocenters. The van der Waals surface area contributed by atoms with Crippen LogP contribution in [0.25, 0.3) is 0 Å². The van der Waals surface area contributed by atoms with Crippen molar-refractivity contribution >= 4 is 41.3 Å². The Balaban J connectivity index is 0.00000280. The van der Waals surface area contributed by atoms with E-state index in [-0.39, 0.29) is 29.4 Å². The van der Waals surface area contributed by atoms with E-state index in [1.807, 2.05) is 13.0 Å².